The molecule has 4 heteroatoms. The van der Waals surface area contributed by atoms with E-state index in [1.807, 2.05) is 36.4 Å². The molecular formula is C10H15IO3. The first kappa shape index (κ1) is 12.2. The molecule has 1 fully saturated rings. The van der Waals surface area contributed by atoms with E-state index in [2.05, 4.69) is 9.85 Å². The van der Waals surface area contributed by atoms with Gasteiger partial charge in [-0.25, -0.2) is 0 Å². The number of halogens is 1. The summed E-state index contributed by atoms with van der Waals surface area (Å²) in [5.41, 5.74) is 0. The van der Waals surface area contributed by atoms with Crippen molar-refractivity contribution >= 4 is 22.6 Å². The molecule has 0 radical (unpaired) electrons. The molecule has 0 aromatic heterocycles. The second-order valence-electron chi connectivity index (χ2n) is 3.32. The highest BCUT2D eigenvalue weighted by Gasteiger charge is 2.35. The summed E-state index contributed by atoms with van der Waals surface area (Å²) in [6.07, 6.45) is 0.910. The lowest BCUT2D eigenvalue weighted by atomic mass is 10.2. The van der Waals surface area contributed by atoms with E-state index < -0.39 is 5.79 Å². The van der Waals surface area contributed by atoms with E-state index in [1.54, 1.807) is 0 Å². The summed E-state index contributed by atoms with van der Waals surface area (Å²) in [4.78, 5) is 0. The largest absolute Gasteiger partial charge is 0.366 e. The summed E-state index contributed by atoms with van der Waals surface area (Å²) in [6.45, 7) is 5.64. The van der Waals surface area contributed by atoms with Gasteiger partial charge in [-0.1, -0.05) is 12.8 Å². The zero-order chi connectivity index (χ0) is 10.4. The fraction of sp³-hybridized carbons (Fsp3) is 0.800. The summed E-state index contributed by atoms with van der Waals surface area (Å²) < 4.78 is 19.3. The Morgan fingerprint density at radius 1 is 1.64 bits per heavy atom. The molecule has 1 saturated heterocycles. The average molecular weight is 310 g/mol. The molecule has 1 aliphatic rings. The second-order valence-corrected chi connectivity index (χ2v) is 3.86. The van der Waals surface area contributed by atoms with E-state index in [1.165, 1.54) is 0 Å². The summed E-state index contributed by atoms with van der Waals surface area (Å²) in [7, 11) is 0. The molecule has 0 amide bonds. The fourth-order valence-electron chi connectivity index (χ4n) is 1.23. The van der Waals surface area contributed by atoms with Gasteiger partial charge in [0.2, 0.25) is 0 Å². The molecule has 80 valence electrons. The monoisotopic (exact) mass is 310 g/mol. The van der Waals surface area contributed by atoms with Crippen molar-refractivity contribution in [2.24, 2.45) is 0 Å². The van der Waals surface area contributed by atoms with Crippen molar-refractivity contribution in [3.05, 3.63) is 0 Å². The molecule has 0 N–H and O–H groups in total. The molecular weight excluding hydrogens is 295 g/mol. The minimum atomic E-state index is -0.414. The molecule has 14 heavy (non-hydrogen) atoms. The number of hydrogen-bond donors (Lipinski definition) is 0. The van der Waals surface area contributed by atoms with Gasteiger partial charge in [0.25, 0.3) is 0 Å². The molecule has 0 aromatic rings. The van der Waals surface area contributed by atoms with Gasteiger partial charge in [0.1, 0.15) is 12.7 Å². The summed E-state index contributed by atoms with van der Waals surface area (Å²) >= 11 is 1.99. The van der Waals surface area contributed by atoms with E-state index in [0.29, 0.717) is 19.8 Å². The van der Waals surface area contributed by atoms with Crippen LogP contribution in [0.15, 0.2) is 0 Å². The molecule has 0 aromatic carbocycles. The van der Waals surface area contributed by atoms with Gasteiger partial charge in [0, 0.05) is 22.6 Å². The van der Waals surface area contributed by atoms with Crippen LogP contribution in [-0.2, 0) is 14.2 Å². The lowest BCUT2D eigenvalue weighted by Crippen LogP contribution is -2.26. The molecule has 0 spiro atoms. The van der Waals surface area contributed by atoms with Gasteiger partial charge in [-0.15, -0.1) is 0 Å². The van der Waals surface area contributed by atoms with Crippen LogP contribution in [0.5, 0.6) is 0 Å². The molecule has 0 aliphatic carbocycles. The number of hydrogen-bond acceptors (Lipinski definition) is 3. The maximum atomic E-state index is 5.68. The molecule has 1 rings (SSSR count). The molecule has 2 unspecified atom stereocenters. The van der Waals surface area contributed by atoms with Gasteiger partial charge in [-0.2, -0.15) is 0 Å². The van der Waals surface area contributed by atoms with Crippen LogP contribution in [0.4, 0.5) is 0 Å². The number of rotatable bonds is 4. The topological polar surface area (TPSA) is 27.7 Å². The predicted molar refractivity (Wildman–Crippen MR) is 62.1 cm³/mol. The van der Waals surface area contributed by atoms with Gasteiger partial charge >= 0.3 is 0 Å². The highest BCUT2D eigenvalue weighted by Crippen LogP contribution is 2.26. The van der Waals surface area contributed by atoms with Crippen molar-refractivity contribution in [1.82, 2.24) is 0 Å². The molecule has 3 nitrogen and oxygen atoms in total. The van der Waals surface area contributed by atoms with Crippen molar-refractivity contribution in [1.29, 1.82) is 0 Å². The minimum Gasteiger partial charge on any atom is -0.366 e. The van der Waals surface area contributed by atoms with Gasteiger partial charge in [-0.05, 0) is 17.3 Å². The number of ether oxygens (including phenoxy) is 3. The zero-order valence-corrected chi connectivity index (χ0v) is 10.7. The van der Waals surface area contributed by atoms with Crippen LogP contribution in [0.25, 0.3) is 0 Å². The Balaban J connectivity index is 2.18. The van der Waals surface area contributed by atoms with Gasteiger partial charge < -0.3 is 14.2 Å². The Morgan fingerprint density at radius 2 is 2.43 bits per heavy atom. The standard InChI is InChI=1S/C10H15IO3/c1-3-10(2)13-8-9(14-10)7-12-6-4-5-11/h9H,3,6-8H2,1-2H3. The Kier molecular flexibility index (Phi) is 5.17. The van der Waals surface area contributed by atoms with Crippen molar-refractivity contribution < 1.29 is 14.2 Å². The zero-order valence-electron chi connectivity index (χ0n) is 8.51. The quantitative estimate of drug-likeness (QED) is 0.451. The lowest BCUT2D eigenvalue weighted by Gasteiger charge is -2.20. The van der Waals surface area contributed by atoms with Gasteiger partial charge in [-0.3, -0.25) is 0 Å². The Labute approximate surface area is 98.6 Å². The van der Waals surface area contributed by atoms with Crippen LogP contribution in [0.2, 0.25) is 0 Å². The second kappa shape index (κ2) is 5.91. The van der Waals surface area contributed by atoms with E-state index in [-0.39, 0.29) is 6.10 Å². The van der Waals surface area contributed by atoms with E-state index in [0.717, 1.165) is 6.42 Å². The first-order chi connectivity index (χ1) is 6.70. The van der Waals surface area contributed by atoms with Crippen molar-refractivity contribution in [2.45, 2.75) is 32.2 Å². The summed E-state index contributed by atoms with van der Waals surface area (Å²) in [5, 5.41) is 0. The van der Waals surface area contributed by atoms with Crippen molar-refractivity contribution in [3.63, 3.8) is 0 Å². The molecule has 2 atom stereocenters. The predicted octanol–water partition coefficient (Wildman–Crippen LogP) is 1.94. The Bertz CT molecular complexity index is 233. The highest BCUT2D eigenvalue weighted by atomic mass is 127. The summed E-state index contributed by atoms with van der Waals surface area (Å²) in [5.74, 6) is 2.41. The molecule has 1 aliphatic heterocycles. The Hall–Kier alpha value is 0.170. The van der Waals surface area contributed by atoms with Crippen LogP contribution in [0.1, 0.15) is 20.3 Å². The van der Waals surface area contributed by atoms with Crippen molar-refractivity contribution in [2.75, 3.05) is 19.8 Å². The van der Waals surface area contributed by atoms with Crippen LogP contribution in [0, 0.1) is 9.85 Å². The molecule has 1 heterocycles. The SMILES string of the molecule is CCC1(C)OCC(COCC#CI)O1. The van der Waals surface area contributed by atoms with E-state index in [9.17, 15) is 0 Å². The first-order valence-corrected chi connectivity index (χ1v) is 5.76. The third-order valence-electron chi connectivity index (χ3n) is 2.18. The lowest BCUT2D eigenvalue weighted by molar-refractivity contribution is -0.160. The van der Waals surface area contributed by atoms with Crippen LogP contribution in [0.3, 0.4) is 0 Å². The van der Waals surface area contributed by atoms with Gasteiger partial charge in [0.05, 0.1) is 13.2 Å². The fourth-order valence-corrected chi connectivity index (χ4v) is 1.38. The normalized spacial score (nSPS) is 31.2. The maximum absolute atomic E-state index is 5.68. The van der Waals surface area contributed by atoms with Crippen LogP contribution in [-0.4, -0.2) is 31.7 Å². The summed E-state index contributed by atoms with van der Waals surface area (Å²) in [6, 6.07) is 0. The van der Waals surface area contributed by atoms with E-state index >= 15 is 0 Å². The first-order valence-electron chi connectivity index (χ1n) is 4.68. The molecule has 0 saturated carbocycles. The van der Waals surface area contributed by atoms with Crippen LogP contribution < -0.4 is 0 Å². The Morgan fingerprint density at radius 3 is 3.00 bits per heavy atom. The van der Waals surface area contributed by atoms with Crippen LogP contribution >= 0.6 is 22.6 Å². The minimum absolute atomic E-state index is 0.0518. The maximum Gasteiger partial charge on any atom is 0.165 e. The van der Waals surface area contributed by atoms with Gasteiger partial charge in [0.15, 0.2) is 5.79 Å². The third-order valence-corrected chi connectivity index (χ3v) is 2.56. The highest BCUT2D eigenvalue weighted by molar-refractivity contribution is 14.1. The average Bonchev–Trinajstić information content (AvgIpc) is 2.56. The van der Waals surface area contributed by atoms with Crippen molar-refractivity contribution in [3.8, 4) is 9.85 Å². The third kappa shape index (κ3) is 3.73. The van der Waals surface area contributed by atoms with E-state index in [4.69, 9.17) is 14.2 Å². The molecule has 0 bridgehead atoms. The smallest absolute Gasteiger partial charge is 0.165 e.